The lowest BCUT2D eigenvalue weighted by atomic mass is 10.0. The molecule has 2 N–H and O–H groups in total. The maximum absolute atomic E-state index is 4.45. The van der Waals surface area contributed by atoms with Gasteiger partial charge in [0, 0.05) is 6.42 Å². The third kappa shape index (κ3) is 4.64. The molecule has 0 spiro atoms. The van der Waals surface area contributed by atoms with E-state index >= 15 is 0 Å². The topological polar surface area (TPSA) is 52.5 Å². The van der Waals surface area contributed by atoms with Gasteiger partial charge in [-0.3, -0.25) is 0 Å². The van der Waals surface area contributed by atoms with E-state index in [1.807, 2.05) is 10.7 Å². The van der Waals surface area contributed by atoms with E-state index in [9.17, 15) is 0 Å². The summed E-state index contributed by atoms with van der Waals surface area (Å²) in [6, 6.07) is 10.9. The SMILES string of the molecule is CC[NH+]1CC[NH+]([C@@H](CC(C)C)c2nnnn2Cc2ccccc2)CC1. The summed E-state index contributed by atoms with van der Waals surface area (Å²) < 4.78 is 2.01. The normalized spacial score (nSPS) is 22.2. The first-order valence-corrected chi connectivity index (χ1v) is 9.65. The van der Waals surface area contributed by atoms with E-state index in [2.05, 4.69) is 60.6 Å². The Morgan fingerprint density at radius 2 is 1.80 bits per heavy atom. The molecular formula is C19H32N6+2. The Balaban J connectivity index is 1.79. The lowest BCUT2D eigenvalue weighted by Crippen LogP contribution is -3.28. The van der Waals surface area contributed by atoms with Crippen LogP contribution in [0.15, 0.2) is 30.3 Å². The van der Waals surface area contributed by atoms with E-state index in [1.165, 1.54) is 38.3 Å². The minimum atomic E-state index is 0.386. The summed E-state index contributed by atoms with van der Waals surface area (Å²) in [5.41, 5.74) is 1.24. The van der Waals surface area contributed by atoms with Crippen molar-refractivity contribution in [2.45, 2.75) is 39.8 Å². The molecular weight excluding hydrogens is 312 g/mol. The average molecular weight is 345 g/mol. The number of hydrogen-bond donors (Lipinski definition) is 2. The van der Waals surface area contributed by atoms with E-state index in [-0.39, 0.29) is 0 Å². The van der Waals surface area contributed by atoms with E-state index in [4.69, 9.17) is 0 Å². The Bertz CT molecular complexity index is 630. The van der Waals surface area contributed by atoms with Gasteiger partial charge in [-0.05, 0) is 28.8 Å². The predicted octanol–water partition coefficient (Wildman–Crippen LogP) is -0.388. The fourth-order valence-electron chi connectivity index (χ4n) is 3.88. The molecule has 0 radical (unpaired) electrons. The van der Waals surface area contributed by atoms with Gasteiger partial charge in [-0.2, -0.15) is 0 Å². The van der Waals surface area contributed by atoms with Gasteiger partial charge in [0.15, 0.2) is 6.04 Å². The van der Waals surface area contributed by atoms with E-state index in [0.717, 1.165) is 18.8 Å². The van der Waals surface area contributed by atoms with Crippen LogP contribution < -0.4 is 9.80 Å². The van der Waals surface area contributed by atoms with Crippen LogP contribution >= 0.6 is 0 Å². The smallest absolute Gasteiger partial charge is 0.209 e. The molecule has 136 valence electrons. The first-order chi connectivity index (χ1) is 12.2. The summed E-state index contributed by atoms with van der Waals surface area (Å²) >= 11 is 0. The highest BCUT2D eigenvalue weighted by Gasteiger charge is 2.34. The highest BCUT2D eigenvalue weighted by Crippen LogP contribution is 2.17. The number of piperazine rings is 1. The molecule has 0 unspecified atom stereocenters. The highest BCUT2D eigenvalue weighted by molar-refractivity contribution is 5.15. The van der Waals surface area contributed by atoms with Gasteiger partial charge in [0.25, 0.3) is 0 Å². The van der Waals surface area contributed by atoms with Crippen molar-refractivity contribution in [1.82, 2.24) is 20.2 Å². The van der Waals surface area contributed by atoms with Gasteiger partial charge in [-0.1, -0.05) is 44.2 Å². The molecule has 25 heavy (non-hydrogen) atoms. The van der Waals surface area contributed by atoms with Gasteiger partial charge >= 0.3 is 0 Å². The lowest BCUT2D eigenvalue weighted by molar-refractivity contribution is -1.03. The standard InChI is InChI=1S/C19H30N6/c1-4-23-10-12-24(13-11-23)18(14-16(2)3)19-20-21-22-25(19)15-17-8-6-5-7-9-17/h5-9,16,18H,4,10-15H2,1-3H3/p+2/t18-/m0/s1. The molecule has 2 heterocycles. The average Bonchev–Trinajstić information content (AvgIpc) is 3.08. The van der Waals surface area contributed by atoms with Crippen molar-refractivity contribution in [2.24, 2.45) is 5.92 Å². The zero-order chi connectivity index (χ0) is 17.6. The van der Waals surface area contributed by atoms with Crippen LogP contribution in [-0.4, -0.2) is 52.9 Å². The molecule has 1 aliphatic heterocycles. The second-order valence-corrected chi connectivity index (χ2v) is 7.62. The van der Waals surface area contributed by atoms with Crippen LogP contribution in [0.4, 0.5) is 0 Å². The summed E-state index contributed by atoms with van der Waals surface area (Å²) in [6.07, 6.45) is 1.13. The van der Waals surface area contributed by atoms with Crippen LogP contribution in [0.3, 0.4) is 0 Å². The molecule has 0 bridgehead atoms. The molecule has 2 aromatic rings. The van der Waals surface area contributed by atoms with Crippen molar-refractivity contribution in [3.8, 4) is 0 Å². The molecule has 6 heteroatoms. The molecule has 1 aromatic carbocycles. The third-order valence-electron chi connectivity index (χ3n) is 5.35. The molecule has 1 saturated heterocycles. The molecule has 0 amide bonds. The molecule has 1 aliphatic rings. The van der Waals surface area contributed by atoms with E-state index < -0.39 is 0 Å². The van der Waals surface area contributed by atoms with Crippen molar-refractivity contribution in [1.29, 1.82) is 0 Å². The maximum atomic E-state index is 4.45. The van der Waals surface area contributed by atoms with Gasteiger partial charge in [-0.25, -0.2) is 4.68 Å². The van der Waals surface area contributed by atoms with Crippen LogP contribution in [0.2, 0.25) is 0 Å². The van der Waals surface area contributed by atoms with Crippen molar-refractivity contribution in [2.75, 3.05) is 32.7 Å². The second-order valence-electron chi connectivity index (χ2n) is 7.62. The van der Waals surface area contributed by atoms with Gasteiger partial charge < -0.3 is 9.80 Å². The van der Waals surface area contributed by atoms with Crippen LogP contribution in [0, 0.1) is 5.92 Å². The van der Waals surface area contributed by atoms with Gasteiger partial charge in [0.1, 0.15) is 26.2 Å². The Labute approximate surface area is 150 Å². The van der Waals surface area contributed by atoms with Crippen LogP contribution in [0.5, 0.6) is 0 Å². The van der Waals surface area contributed by atoms with Gasteiger partial charge in [0.05, 0.1) is 13.1 Å². The second kappa shape index (κ2) is 8.54. The molecule has 3 rings (SSSR count). The minimum Gasteiger partial charge on any atom is -0.326 e. The predicted molar refractivity (Wildman–Crippen MR) is 97.5 cm³/mol. The van der Waals surface area contributed by atoms with Crippen molar-refractivity contribution in [3.63, 3.8) is 0 Å². The van der Waals surface area contributed by atoms with E-state index in [1.54, 1.807) is 9.80 Å². The largest absolute Gasteiger partial charge is 0.326 e. The fraction of sp³-hybridized carbons (Fsp3) is 0.632. The number of likely N-dealkylation sites (N-methyl/N-ethyl adjacent to an activating group) is 1. The molecule has 0 aliphatic carbocycles. The number of rotatable bonds is 7. The number of hydrogen-bond acceptors (Lipinski definition) is 3. The quantitative estimate of drug-likeness (QED) is 0.719. The summed E-state index contributed by atoms with van der Waals surface area (Å²) in [5, 5.41) is 12.8. The Morgan fingerprint density at radius 1 is 1.08 bits per heavy atom. The van der Waals surface area contributed by atoms with Crippen molar-refractivity contribution >= 4 is 0 Å². The number of nitrogens with one attached hydrogen (secondary N) is 2. The number of aromatic nitrogens is 4. The molecule has 1 aromatic heterocycles. The molecule has 0 saturated carbocycles. The first-order valence-electron chi connectivity index (χ1n) is 9.65. The number of quaternary nitrogens is 2. The van der Waals surface area contributed by atoms with Gasteiger partial charge in [0.2, 0.25) is 5.82 Å². The summed E-state index contributed by atoms with van der Waals surface area (Å²) in [5.74, 6) is 1.68. The third-order valence-corrected chi connectivity index (χ3v) is 5.35. The van der Waals surface area contributed by atoms with Gasteiger partial charge in [-0.15, -0.1) is 5.10 Å². The zero-order valence-corrected chi connectivity index (χ0v) is 15.8. The first kappa shape index (κ1) is 18.0. The highest BCUT2D eigenvalue weighted by atomic mass is 15.6. The minimum absolute atomic E-state index is 0.386. The maximum Gasteiger partial charge on any atom is 0.209 e. The van der Waals surface area contributed by atoms with Crippen molar-refractivity contribution in [3.05, 3.63) is 41.7 Å². The van der Waals surface area contributed by atoms with Crippen LogP contribution in [0.1, 0.15) is 44.6 Å². The zero-order valence-electron chi connectivity index (χ0n) is 15.8. The number of benzene rings is 1. The summed E-state index contributed by atoms with van der Waals surface area (Å²) in [6.45, 7) is 13.8. The monoisotopic (exact) mass is 344 g/mol. The summed E-state index contributed by atoms with van der Waals surface area (Å²) in [4.78, 5) is 3.37. The number of nitrogens with zero attached hydrogens (tertiary/aromatic N) is 4. The summed E-state index contributed by atoms with van der Waals surface area (Å²) in [7, 11) is 0. The molecule has 1 atom stereocenters. The molecule has 6 nitrogen and oxygen atoms in total. The van der Waals surface area contributed by atoms with Crippen molar-refractivity contribution < 1.29 is 9.80 Å². The Kier molecular flexibility index (Phi) is 6.15. The van der Waals surface area contributed by atoms with Crippen LogP contribution in [-0.2, 0) is 6.54 Å². The Hall–Kier alpha value is -1.79. The molecule has 1 fully saturated rings. The number of tetrazole rings is 1. The van der Waals surface area contributed by atoms with E-state index in [0.29, 0.717) is 12.0 Å². The van der Waals surface area contributed by atoms with Crippen LogP contribution in [0.25, 0.3) is 0 Å². The Morgan fingerprint density at radius 3 is 2.44 bits per heavy atom. The lowest BCUT2D eigenvalue weighted by Gasteiger charge is -2.34. The fourth-order valence-corrected chi connectivity index (χ4v) is 3.88.